The minimum Gasteiger partial charge on any atom is -0.507 e. The fraction of sp³-hybridized carbons (Fsp3) is 0.367. The van der Waals surface area contributed by atoms with Gasteiger partial charge in [0.05, 0.1) is 16.9 Å². The predicted molar refractivity (Wildman–Crippen MR) is 148 cm³/mol. The van der Waals surface area contributed by atoms with E-state index in [0.29, 0.717) is 28.2 Å². The Balaban J connectivity index is 1.89. The molecule has 1 aliphatic heterocycles. The molecule has 36 heavy (non-hydrogen) atoms. The number of phenols is 3. The van der Waals surface area contributed by atoms with Crippen molar-refractivity contribution >= 4 is 23.0 Å². The molecule has 6 nitrogen and oxygen atoms in total. The van der Waals surface area contributed by atoms with Gasteiger partial charge in [-0.3, -0.25) is 4.79 Å². The Morgan fingerprint density at radius 1 is 0.889 bits per heavy atom. The lowest BCUT2D eigenvalue weighted by Gasteiger charge is -2.26. The second-order valence-corrected chi connectivity index (χ2v) is 9.84. The molecule has 2 aromatic carbocycles. The maximum absolute atomic E-state index is 13.7. The molecule has 0 spiro atoms. The Labute approximate surface area is 214 Å². The first-order chi connectivity index (χ1) is 17.0. The third kappa shape index (κ3) is 5.76. The lowest BCUT2D eigenvalue weighted by Crippen LogP contribution is -2.30. The Bertz CT molecular complexity index is 1240. The summed E-state index contributed by atoms with van der Waals surface area (Å²) in [4.78, 5) is 16.8. The van der Waals surface area contributed by atoms with Crippen LogP contribution in [0.15, 0.2) is 59.2 Å². The Morgan fingerprint density at radius 3 is 2.19 bits per heavy atom. The summed E-state index contributed by atoms with van der Waals surface area (Å²) in [5.41, 5.74) is 5.56. The summed E-state index contributed by atoms with van der Waals surface area (Å²) in [6.07, 6.45) is 10.4. The molecule has 192 valence electrons. The molecule has 0 saturated heterocycles. The monoisotopic (exact) mass is 490 g/mol. The molecule has 1 amide bonds. The highest BCUT2D eigenvalue weighted by molar-refractivity contribution is 6.15. The van der Waals surface area contributed by atoms with E-state index in [0.717, 1.165) is 31.3 Å². The number of amides is 1. The molecule has 0 aliphatic carbocycles. The van der Waals surface area contributed by atoms with Crippen LogP contribution in [0.4, 0.5) is 17.1 Å². The molecule has 6 heteroatoms. The number of nitrogens with zero attached hydrogens (tertiary/aromatic N) is 2. The van der Waals surface area contributed by atoms with Crippen molar-refractivity contribution in [3.8, 4) is 17.2 Å². The van der Waals surface area contributed by atoms with Gasteiger partial charge in [-0.15, -0.1) is 0 Å². The quantitative estimate of drug-likeness (QED) is 0.339. The predicted octanol–water partition coefficient (Wildman–Crippen LogP) is 7.26. The third-order valence-electron chi connectivity index (χ3n) is 6.68. The summed E-state index contributed by atoms with van der Waals surface area (Å²) < 4.78 is 0. The summed E-state index contributed by atoms with van der Waals surface area (Å²) in [5, 5.41) is 32.0. The summed E-state index contributed by atoms with van der Waals surface area (Å²) in [6, 6.07) is 6.31. The van der Waals surface area contributed by atoms with Crippen molar-refractivity contribution in [2.45, 2.75) is 60.3 Å². The molecule has 2 aromatic rings. The molecule has 1 heterocycles. The van der Waals surface area contributed by atoms with Gasteiger partial charge < -0.3 is 25.1 Å². The van der Waals surface area contributed by atoms with Gasteiger partial charge >= 0.3 is 0 Å². The minimum absolute atomic E-state index is 0.0558. The Morgan fingerprint density at radius 2 is 1.53 bits per heavy atom. The molecule has 0 bridgehead atoms. The maximum atomic E-state index is 13.7. The first-order valence-corrected chi connectivity index (χ1v) is 12.4. The topological polar surface area (TPSA) is 84.2 Å². The first kappa shape index (κ1) is 26.9. The fourth-order valence-electron chi connectivity index (χ4n) is 4.45. The SMILES string of the molecule is CC(C)=CCC/C(C)=C/CC/C(C)=C/CN1C(=O)c2cccc(O)c2N(C)c2c1cc(O)c(C)c2O. The van der Waals surface area contributed by atoms with Crippen molar-refractivity contribution in [1.29, 1.82) is 0 Å². The second-order valence-electron chi connectivity index (χ2n) is 9.84. The molecule has 3 rings (SSSR count). The van der Waals surface area contributed by atoms with Gasteiger partial charge in [-0.25, -0.2) is 0 Å². The third-order valence-corrected chi connectivity index (χ3v) is 6.68. The van der Waals surface area contributed by atoms with Crippen molar-refractivity contribution in [3.63, 3.8) is 0 Å². The maximum Gasteiger partial charge on any atom is 0.260 e. The van der Waals surface area contributed by atoms with Gasteiger partial charge in [0.15, 0.2) is 0 Å². The van der Waals surface area contributed by atoms with Crippen LogP contribution in [0.2, 0.25) is 0 Å². The average molecular weight is 491 g/mol. The lowest BCUT2D eigenvalue weighted by molar-refractivity contribution is 0.0990. The fourth-order valence-corrected chi connectivity index (χ4v) is 4.45. The first-order valence-electron chi connectivity index (χ1n) is 12.4. The molecular weight excluding hydrogens is 452 g/mol. The Hall–Kier alpha value is -3.67. The number of hydrogen-bond donors (Lipinski definition) is 3. The molecule has 1 aliphatic rings. The van der Waals surface area contributed by atoms with Gasteiger partial charge in [0.2, 0.25) is 0 Å². The van der Waals surface area contributed by atoms with Crippen LogP contribution in [-0.4, -0.2) is 34.8 Å². The highest BCUT2D eigenvalue weighted by Gasteiger charge is 2.34. The lowest BCUT2D eigenvalue weighted by atomic mass is 10.1. The van der Waals surface area contributed by atoms with Gasteiger partial charge in [-0.2, -0.15) is 0 Å². The van der Waals surface area contributed by atoms with E-state index in [1.165, 1.54) is 23.3 Å². The van der Waals surface area contributed by atoms with E-state index in [9.17, 15) is 20.1 Å². The van der Waals surface area contributed by atoms with Gasteiger partial charge in [-0.1, -0.05) is 41.0 Å². The summed E-state index contributed by atoms with van der Waals surface area (Å²) in [7, 11) is 1.69. The zero-order valence-corrected chi connectivity index (χ0v) is 22.2. The van der Waals surface area contributed by atoms with E-state index in [-0.39, 0.29) is 29.7 Å². The molecule has 0 aromatic heterocycles. The van der Waals surface area contributed by atoms with Crippen molar-refractivity contribution in [2.24, 2.45) is 0 Å². The number of allylic oxidation sites excluding steroid dienone is 5. The van der Waals surface area contributed by atoms with Crippen molar-refractivity contribution < 1.29 is 20.1 Å². The standard InChI is InChI=1S/C30H38N2O4/c1-19(2)10-7-11-20(3)12-8-13-21(4)16-17-32-24-18-26(34)22(5)29(35)28(24)31(6)27-23(30(32)36)14-9-15-25(27)33/h9-10,12,14-16,18,33-35H,7-8,11,13,17H2,1-6H3/b20-12+,21-16+. The molecule has 3 N–H and O–H groups in total. The number of rotatable bonds is 8. The molecule has 0 atom stereocenters. The number of aromatic hydroxyl groups is 3. The molecular formula is C30H38N2O4. The van der Waals surface area contributed by atoms with Crippen LogP contribution in [0.5, 0.6) is 17.2 Å². The van der Waals surface area contributed by atoms with Crippen LogP contribution < -0.4 is 9.80 Å². The second kappa shape index (κ2) is 11.4. The van der Waals surface area contributed by atoms with Gasteiger partial charge in [0, 0.05) is 25.2 Å². The number of anilines is 3. The van der Waals surface area contributed by atoms with E-state index >= 15 is 0 Å². The highest BCUT2D eigenvalue weighted by Crippen LogP contribution is 2.50. The van der Waals surface area contributed by atoms with Crippen LogP contribution in [0, 0.1) is 6.92 Å². The smallest absolute Gasteiger partial charge is 0.260 e. The number of hydrogen-bond acceptors (Lipinski definition) is 5. The van der Waals surface area contributed by atoms with Crippen LogP contribution in [-0.2, 0) is 0 Å². The normalized spacial score (nSPS) is 13.9. The minimum atomic E-state index is -0.312. The van der Waals surface area contributed by atoms with Gasteiger partial charge in [-0.05, 0) is 72.4 Å². The van der Waals surface area contributed by atoms with Crippen molar-refractivity contribution in [2.75, 3.05) is 23.4 Å². The van der Waals surface area contributed by atoms with E-state index < -0.39 is 0 Å². The van der Waals surface area contributed by atoms with E-state index in [1.807, 2.05) is 13.0 Å². The number of para-hydroxylation sites is 1. The molecule has 0 fully saturated rings. The summed E-state index contributed by atoms with van der Waals surface area (Å²) in [5.74, 6) is -0.592. The van der Waals surface area contributed by atoms with Crippen molar-refractivity contribution in [3.05, 3.63) is 70.3 Å². The number of benzene rings is 2. The zero-order valence-electron chi connectivity index (χ0n) is 22.2. The summed E-state index contributed by atoms with van der Waals surface area (Å²) in [6.45, 7) is 10.3. The summed E-state index contributed by atoms with van der Waals surface area (Å²) >= 11 is 0. The van der Waals surface area contributed by atoms with Crippen LogP contribution in [0.25, 0.3) is 0 Å². The largest absolute Gasteiger partial charge is 0.507 e. The number of carbonyl (C=O) groups is 1. The number of fused-ring (bicyclic) bond motifs is 2. The average Bonchev–Trinajstić information content (AvgIpc) is 2.89. The Kier molecular flexibility index (Phi) is 8.51. The van der Waals surface area contributed by atoms with E-state index in [1.54, 1.807) is 35.9 Å². The number of carbonyl (C=O) groups excluding carboxylic acids is 1. The van der Waals surface area contributed by atoms with Crippen molar-refractivity contribution in [1.82, 2.24) is 0 Å². The zero-order chi connectivity index (χ0) is 26.6. The van der Waals surface area contributed by atoms with Crippen LogP contribution in [0.3, 0.4) is 0 Å². The highest BCUT2D eigenvalue weighted by atomic mass is 16.3. The van der Waals surface area contributed by atoms with E-state index in [4.69, 9.17) is 0 Å². The van der Waals surface area contributed by atoms with Gasteiger partial charge in [0.1, 0.15) is 22.9 Å². The number of phenolic OH excluding ortho intramolecular Hbond substituents is 3. The molecule has 0 saturated carbocycles. The van der Waals surface area contributed by atoms with Crippen LogP contribution >= 0.6 is 0 Å². The van der Waals surface area contributed by atoms with Gasteiger partial charge in [0.25, 0.3) is 5.91 Å². The van der Waals surface area contributed by atoms with Crippen LogP contribution in [0.1, 0.15) is 69.3 Å². The molecule has 0 radical (unpaired) electrons. The van der Waals surface area contributed by atoms with E-state index in [2.05, 4.69) is 32.9 Å². The molecule has 0 unspecified atom stereocenters.